The highest BCUT2D eigenvalue weighted by Gasteiger charge is 2.19. The number of esters is 1. The van der Waals surface area contributed by atoms with Gasteiger partial charge in [0.2, 0.25) is 0 Å². The second kappa shape index (κ2) is 13.3. The van der Waals surface area contributed by atoms with Gasteiger partial charge in [0.15, 0.2) is 5.78 Å². The molecule has 2 aromatic carbocycles. The number of ketones is 1. The van der Waals surface area contributed by atoms with Crippen molar-refractivity contribution in [3.63, 3.8) is 0 Å². The predicted octanol–water partition coefficient (Wildman–Crippen LogP) is 7.08. The van der Waals surface area contributed by atoms with Crippen LogP contribution in [0, 0.1) is 5.92 Å². The fraction of sp³-hybridized carbons (Fsp3) is 0.438. The second-order valence-corrected chi connectivity index (χ2v) is 10.2. The minimum atomic E-state index is -0.172. The molecule has 0 spiro atoms. The molecule has 1 unspecified atom stereocenters. The fourth-order valence-electron chi connectivity index (χ4n) is 4.86. The van der Waals surface area contributed by atoms with Crippen molar-refractivity contribution < 1.29 is 14.3 Å². The monoisotopic (exact) mass is 502 g/mol. The Bertz CT molecular complexity index is 1190. The predicted molar refractivity (Wildman–Crippen MR) is 151 cm³/mol. The van der Waals surface area contributed by atoms with E-state index >= 15 is 0 Å². The molecule has 5 nitrogen and oxygen atoms in total. The molecule has 5 heteroatoms. The summed E-state index contributed by atoms with van der Waals surface area (Å²) >= 11 is 0. The van der Waals surface area contributed by atoms with Gasteiger partial charge in [0.1, 0.15) is 0 Å². The SMILES string of the molecule is CCOC(=O)CCCc1cc(C(=O)c2cccc(NC(C)c3ccc(CC(C)C)cc3)c2)c(CC)n1C. The van der Waals surface area contributed by atoms with Gasteiger partial charge in [-0.2, -0.15) is 0 Å². The molecule has 0 aliphatic rings. The average molecular weight is 503 g/mol. The Morgan fingerprint density at radius 1 is 1.00 bits per heavy atom. The highest BCUT2D eigenvalue weighted by Crippen LogP contribution is 2.25. The average Bonchev–Trinajstić information content (AvgIpc) is 3.19. The largest absolute Gasteiger partial charge is 0.466 e. The van der Waals surface area contributed by atoms with Crippen molar-refractivity contribution >= 4 is 17.4 Å². The summed E-state index contributed by atoms with van der Waals surface area (Å²) in [5, 5.41) is 3.56. The van der Waals surface area contributed by atoms with E-state index in [1.54, 1.807) is 0 Å². The molecule has 0 aliphatic carbocycles. The molecule has 0 fully saturated rings. The molecule has 0 saturated heterocycles. The number of nitrogens with one attached hydrogen (secondary N) is 1. The third-order valence-corrected chi connectivity index (χ3v) is 6.79. The number of rotatable bonds is 13. The second-order valence-electron chi connectivity index (χ2n) is 10.2. The van der Waals surface area contributed by atoms with Gasteiger partial charge in [0.25, 0.3) is 0 Å². The zero-order chi connectivity index (χ0) is 26.9. The number of aryl methyl sites for hydroxylation is 1. The van der Waals surface area contributed by atoms with Crippen LogP contribution >= 0.6 is 0 Å². The van der Waals surface area contributed by atoms with Gasteiger partial charge in [-0.05, 0) is 74.8 Å². The Hall–Kier alpha value is -3.34. The molecule has 3 rings (SSSR count). The highest BCUT2D eigenvalue weighted by molar-refractivity contribution is 6.10. The summed E-state index contributed by atoms with van der Waals surface area (Å²) in [5.41, 5.74) is 6.98. The van der Waals surface area contributed by atoms with Crippen LogP contribution in [0.3, 0.4) is 0 Å². The minimum absolute atomic E-state index is 0.0263. The van der Waals surface area contributed by atoms with Crippen LogP contribution in [0.1, 0.15) is 91.9 Å². The molecule has 37 heavy (non-hydrogen) atoms. The Balaban J connectivity index is 1.72. The number of hydrogen-bond donors (Lipinski definition) is 1. The molecule has 0 saturated carbocycles. The third-order valence-electron chi connectivity index (χ3n) is 6.79. The molecule has 0 bridgehead atoms. The number of ether oxygens (including phenoxy) is 1. The van der Waals surface area contributed by atoms with Crippen LogP contribution in [-0.4, -0.2) is 22.9 Å². The molecule has 0 aliphatic heterocycles. The summed E-state index contributed by atoms with van der Waals surface area (Å²) in [6.07, 6.45) is 3.65. The van der Waals surface area contributed by atoms with Crippen LogP contribution in [0.2, 0.25) is 0 Å². The highest BCUT2D eigenvalue weighted by atomic mass is 16.5. The molecule has 0 radical (unpaired) electrons. The Kier molecular flexibility index (Phi) is 10.1. The molecule has 1 atom stereocenters. The van der Waals surface area contributed by atoms with Crippen molar-refractivity contribution in [1.82, 2.24) is 4.57 Å². The summed E-state index contributed by atoms with van der Waals surface area (Å²) in [5.74, 6) is 0.493. The zero-order valence-corrected chi connectivity index (χ0v) is 23.3. The Morgan fingerprint density at radius 2 is 1.73 bits per heavy atom. The van der Waals surface area contributed by atoms with Gasteiger partial charge in [0.05, 0.1) is 6.61 Å². The molecular formula is C32H42N2O3. The summed E-state index contributed by atoms with van der Waals surface area (Å²) in [4.78, 5) is 25.3. The van der Waals surface area contributed by atoms with E-state index in [0.29, 0.717) is 30.9 Å². The van der Waals surface area contributed by atoms with Crippen molar-refractivity contribution in [1.29, 1.82) is 0 Å². The van der Waals surface area contributed by atoms with Crippen LogP contribution in [0.15, 0.2) is 54.6 Å². The van der Waals surface area contributed by atoms with Crippen molar-refractivity contribution in [2.24, 2.45) is 13.0 Å². The van der Waals surface area contributed by atoms with E-state index in [2.05, 4.69) is 61.8 Å². The molecular weight excluding hydrogens is 460 g/mol. The smallest absolute Gasteiger partial charge is 0.305 e. The van der Waals surface area contributed by atoms with E-state index in [9.17, 15) is 9.59 Å². The van der Waals surface area contributed by atoms with Crippen molar-refractivity contribution in [2.45, 2.75) is 72.8 Å². The van der Waals surface area contributed by atoms with Crippen LogP contribution in [-0.2, 0) is 35.8 Å². The van der Waals surface area contributed by atoms with Crippen molar-refractivity contribution in [3.05, 3.63) is 88.2 Å². The summed E-state index contributed by atoms with van der Waals surface area (Å²) in [6, 6.07) is 18.7. The lowest BCUT2D eigenvalue weighted by Crippen LogP contribution is -2.09. The van der Waals surface area contributed by atoms with Gasteiger partial charge in [-0.3, -0.25) is 9.59 Å². The maximum Gasteiger partial charge on any atom is 0.305 e. The topological polar surface area (TPSA) is 60.3 Å². The third kappa shape index (κ3) is 7.58. The van der Waals surface area contributed by atoms with Gasteiger partial charge < -0.3 is 14.6 Å². The maximum atomic E-state index is 13.6. The van der Waals surface area contributed by atoms with Crippen LogP contribution in [0.25, 0.3) is 0 Å². The minimum Gasteiger partial charge on any atom is -0.466 e. The van der Waals surface area contributed by atoms with Gasteiger partial charge in [-0.15, -0.1) is 0 Å². The number of benzene rings is 2. The summed E-state index contributed by atoms with van der Waals surface area (Å²) in [6.45, 7) is 10.9. The van der Waals surface area contributed by atoms with Crippen molar-refractivity contribution in [3.8, 4) is 0 Å². The first-order valence-electron chi connectivity index (χ1n) is 13.6. The summed E-state index contributed by atoms with van der Waals surface area (Å²) < 4.78 is 7.14. The number of anilines is 1. The first kappa shape index (κ1) is 28.2. The lowest BCUT2D eigenvalue weighted by Gasteiger charge is -2.17. The van der Waals surface area contributed by atoms with Gasteiger partial charge >= 0.3 is 5.97 Å². The van der Waals surface area contributed by atoms with E-state index in [1.165, 1.54) is 11.1 Å². The van der Waals surface area contributed by atoms with Crippen LogP contribution < -0.4 is 5.32 Å². The van der Waals surface area contributed by atoms with Crippen LogP contribution in [0.5, 0.6) is 0 Å². The first-order valence-corrected chi connectivity index (χ1v) is 13.6. The molecule has 0 amide bonds. The first-order chi connectivity index (χ1) is 17.7. The number of nitrogens with zero attached hydrogens (tertiary/aromatic N) is 1. The lowest BCUT2D eigenvalue weighted by molar-refractivity contribution is -0.143. The number of hydrogen-bond acceptors (Lipinski definition) is 4. The molecule has 198 valence electrons. The standard InChI is InChI=1S/C32H42N2O3/c1-7-30-29(21-28(34(30)6)13-10-14-31(35)37-8-2)32(36)26-11-9-12-27(20-26)33-23(5)25-17-15-24(16-18-25)19-22(3)4/h9,11-12,15-18,20-23,33H,7-8,10,13-14,19H2,1-6H3. The normalized spacial score (nSPS) is 12.0. The zero-order valence-electron chi connectivity index (χ0n) is 23.3. The Labute approximate surface area is 222 Å². The van der Waals surface area contributed by atoms with Crippen LogP contribution in [0.4, 0.5) is 5.69 Å². The van der Waals surface area contributed by atoms with Crippen molar-refractivity contribution in [2.75, 3.05) is 11.9 Å². The van der Waals surface area contributed by atoms with Gasteiger partial charge in [-0.25, -0.2) is 0 Å². The number of carbonyl (C=O) groups excluding carboxylic acids is 2. The number of carbonyl (C=O) groups is 2. The van der Waals surface area contributed by atoms with E-state index in [-0.39, 0.29) is 17.8 Å². The van der Waals surface area contributed by atoms with E-state index in [0.717, 1.165) is 41.9 Å². The number of aromatic nitrogens is 1. The molecule has 1 N–H and O–H groups in total. The van der Waals surface area contributed by atoms with E-state index < -0.39 is 0 Å². The molecule has 1 aromatic heterocycles. The van der Waals surface area contributed by atoms with Gasteiger partial charge in [0, 0.05) is 47.7 Å². The van der Waals surface area contributed by atoms with E-state index in [4.69, 9.17) is 4.74 Å². The Morgan fingerprint density at radius 3 is 2.38 bits per heavy atom. The van der Waals surface area contributed by atoms with Gasteiger partial charge in [-0.1, -0.05) is 57.2 Å². The quantitative estimate of drug-likeness (QED) is 0.200. The molecule has 1 heterocycles. The lowest BCUT2D eigenvalue weighted by atomic mass is 9.99. The van der Waals surface area contributed by atoms with E-state index in [1.807, 2.05) is 44.3 Å². The summed E-state index contributed by atoms with van der Waals surface area (Å²) in [7, 11) is 2.00. The maximum absolute atomic E-state index is 13.6. The molecule has 3 aromatic rings. The fourth-order valence-corrected chi connectivity index (χ4v) is 4.86.